The van der Waals surface area contributed by atoms with Gasteiger partial charge in [0, 0.05) is 9.13 Å². The normalized spacial score (nSPS) is 10.8. The standard InChI is InChI=1S/C17H16I2N2O3/c1-10-3-4-15(11(2)5-10)24-9-16(22)21-20-8-12-6-13(18)7-14(19)17(12)23/h3-8,23H,9H2,1-2H3,(H,21,22)/b20-8+. The van der Waals surface area contributed by atoms with Crippen LogP contribution in [0.2, 0.25) is 0 Å². The molecule has 5 nitrogen and oxygen atoms in total. The number of ether oxygens (including phenoxy) is 1. The second-order valence-corrected chi connectivity index (χ2v) is 7.58. The molecule has 0 radical (unpaired) electrons. The molecule has 0 spiro atoms. The van der Waals surface area contributed by atoms with Crippen molar-refractivity contribution in [2.45, 2.75) is 13.8 Å². The van der Waals surface area contributed by atoms with E-state index in [0.29, 0.717) is 11.3 Å². The number of aromatic hydroxyl groups is 1. The molecular formula is C17H16I2N2O3. The first-order valence-corrected chi connectivity index (χ1v) is 9.22. The molecule has 0 fully saturated rings. The second kappa shape index (κ2) is 8.65. The number of carbonyl (C=O) groups excluding carboxylic acids is 1. The molecule has 0 saturated heterocycles. The molecule has 0 bridgehead atoms. The Bertz CT molecular complexity index is 792. The number of phenols is 1. The minimum atomic E-state index is -0.369. The summed E-state index contributed by atoms with van der Waals surface area (Å²) in [5.74, 6) is 0.441. The number of aryl methyl sites for hydroxylation is 2. The van der Waals surface area contributed by atoms with Crippen LogP contribution in [0, 0.1) is 21.0 Å². The van der Waals surface area contributed by atoms with Crippen LogP contribution in [0.4, 0.5) is 0 Å². The first-order valence-electron chi connectivity index (χ1n) is 7.07. The summed E-state index contributed by atoms with van der Waals surface area (Å²) in [6.45, 7) is 3.80. The summed E-state index contributed by atoms with van der Waals surface area (Å²) >= 11 is 4.20. The minimum absolute atomic E-state index is 0.128. The Morgan fingerprint density at radius 3 is 2.75 bits per heavy atom. The van der Waals surface area contributed by atoms with Crippen LogP contribution < -0.4 is 10.2 Å². The lowest BCUT2D eigenvalue weighted by Gasteiger charge is -2.08. The van der Waals surface area contributed by atoms with Gasteiger partial charge in [-0.1, -0.05) is 17.7 Å². The molecule has 2 aromatic rings. The van der Waals surface area contributed by atoms with E-state index in [1.54, 1.807) is 6.07 Å². The van der Waals surface area contributed by atoms with Gasteiger partial charge in [-0.3, -0.25) is 4.79 Å². The van der Waals surface area contributed by atoms with Crippen molar-refractivity contribution >= 4 is 57.3 Å². The zero-order valence-corrected chi connectivity index (χ0v) is 17.5. The number of nitrogens with one attached hydrogen (secondary N) is 1. The highest BCUT2D eigenvalue weighted by Gasteiger charge is 2.06. The van der Waals surface area contributed by atoms with Crippen LogP contribution in [0.25, 0.3) is 0 Å². The molecule has 1 amide bonds. The monoisotopic (exact) mass is 550 g/mol. The molecule has 0 aliphatic carbocycles. The fraction of sp³-hybridized carbons (Fsp3) is 0.176. The van der Waals surface area contributed by atoms with Crippen molar-refractivity contribution in [2.24, 2.45) is 5.10 Å². The van der Waals surface area contributed by atoms with Crippen LogP contribution in [0.3, 0.4) is 0 Å². The third kappa shape index (κ3) is 5.33. The van der Waals surface area contributed by atoms with Crippen molar-refractivity contribution in [1.82, 2.24) is 5.43 Å². The average molecular weight is 550 g/mol. The van der Waals surface area contributed by atoms with Gasteiger partial charge in [0.25, 0.3) is 5.91 Å². The lowest BCUT2D eigenvalue weighted by atomic mass is 10.1. The van der Waals surface area contributed by atoms with E-state index in [4.69, 9.17) is 4.74 Å². The summed E-state index contributed by atoms with van der Waals surface area (Å²) in [4.78, 5) is 11.8. The van der Waals surface area contributed by atoms with Crippen molar-refractivity contribution in [3.05, 3.63) is 54.2 Å². The van der Waals surface area contributed by atoms with Gasteiger partial charge >= 0.3 is 0 Å². The third-order valence-corrected chi connectivity index (χ3v) is 4.58. The smallest absolute Gasteiger partial charge is 0.277 e. The van der Waals surface area contributed by atoms with Crippen LogP contribution in [0.1, 0.15) is 16.7 Å². The number of halogens is 2. The van der Waals surface area contributed by atoms with Gasteiger partial charge in [-0.2, -0.15) is 5.10 Å². The van der Waals surface area contributed by atoms with Crippen molar-refractivity contribution in [3.63, 3.8) is 0 Å². The molecular weight excluding hydrogens is 534 g/mol. The third-order valence-electron chi connectivity index (χ3n) is 3.14. The number of nitrogens with zero attached hydrogens (tertiary/aromatic N) is 1. The maximum Gasteiger partial charge on any atom is 0.277 e. The minimum Gasteiger partial charge on any atom is -0.506 e. The van der Waals surface area contributed by atoms with Gasteiger partial charge in [0.2, 0.25) is 0 Å². The van der Waals surface area contributed by atoms with E-state index in [0.717, 1.165) is 18.3 Å². The first-order chi connectivity index (χ1) is 11.4. The number of hydrogen-bond donors (Lipinski definition) is 2. The van der Waals surface area contributed by atoms with Gasteiger partial charge in [-0.25, -0.2) is 5.43 Å². The number of carbonyl (C=O) groups is 1. The van der Waals surface area contributed by atoms with Gasteiger partial charge in [0.15, 0.2) is 6.61 Å². The Hall–Kier alpha value is -1.36. The largest absolute Gasteiger partial charge is 0.506 e. The Kier molecular flexibility index (Phi) is 6.84. The van der Waals surface area contributed by atoms with Gasteiger partial charge in [-0.05, 0) is 82.8 Å². The maximum atomic E-state index is 11.8. The summed E-state index contributed by atoms with van der Waals surface area (Å²) in [6, 6.07) is 9.39. The highest BCUT2D eigenvalue weighted by Crippen LogP contribution is 2.25. The Balaban J connectivity index is 1.91. The van der Waals surface area contributed by atoms with Crippen molar-refractivity contribution < 1.29 is 14.6 Å². The van der Waals surface area contributed by atoms with E-state index in [1.165, 1.54) is 6.21 Å². The Morgan fingerprint density at radius 1 is 1.29 bits per heavy atom. The Labute approximate surface area is 167 Å². The van der Waals surface area contributed by atoms with Gasteiger partial charge < -0.3 is 9.84 Å². The molecule has 2 rings (SSSR count). The van der Waals surface area contributed by atoms with Crippen LogP contribution >= 0.6 is 45.2 Å². The molecule has 0 aromatic heterocycles. The number of hydrazone groups is 1. The Morgan fingerprint density at radius 2 is 2.04 bits per heavy atom. The quantitative estimate of drug-likeness (QED) is 0.339. The molecule has 0 saturated carbocycles. The zero-order valence-electron chi connectivity index (χ0n) is 13.1. The molecule has 24 heavy (non-hydrogen) atoms. The van der Waals surface area contributed by atoms with Crippen molar-refractivity contribution in [1.29, 1.82) is 0 Å². The van der Waals surface area contributed by atoms with E-state index in [2.05, 4.69) is 33.1 Å². The van der Waals surface area contributed by atoms with Crippen LogP contribution in [-0.4, -0.2) is 23.8 Å². The number of benzene rings is 2. The van der Waals surface area contributed by atoms with Crippen molar-refractivity contribution in [2.75, 3.05) is 6.61 Å². The summed E-state index contributed by atoms with van der Waals surface area (Å²) in [5, 5.41) is 13.8. The van der Waals surface area contributed by atoms with E-state index >= 15 is 0 Å². The molecule has 2 aromatic carbocycles. The highest BCUT2D eigenvalue weighted by atomic mass is 127. The van der Waals surface area contributed by atoms with E-state index in [-0.39, 0.29) is 18.3 Å². The van der Waals surface area contributed by atoms with Gasteiger partial charge in [0.05, 0.1) is 9.78 Å². The van der Waals surface area contributed by atoms with E-state index in [1.807, 2.05) is 60.7 Å². The fourth-order valence-electron chi connectivity index (χ4n) is 1.99. The molecule has 0 heterocycles. The predicted octanol–water partition coefficient (Wildman–Crippen LogP) is 3.75. The van der Waals surface area contributed by atoms with Gasteiger partial charge in [-0.15, -0.1) is 0 Å². The molecule has 7 heteroatoms. The number of phenolic OH excluding ortho intramolecular Hbond substituents is 1. The summed E-state index contributed by atoms with van der Waals surface area (Å²) < 4.78 is 7.18. The fourth-order valence-corrected chi connectivity index (χ4v) is 3.88. The molecule has 0 aliphatic rings. The SMILES string of the molecule is Cc1ccc(OCC(=O)N/N=C/c2cc(I)cc(I)c2O)c(C)c1. The van der Waals surface area contributed by atoms with Crippen molar-refractivity contribution in [3.8, 4) is 11.5 Å². The summed E-state index contributed by atoms with van der Waals surface area (Å²) in [6.07, 6.45) is 1.41. The van der Waals surface area contributed by atoms with Crippen LogP contribution in [0.5, 0.6) is 11.5 Å². The van der Waals surface area contributed by atoms with E-state index in [9.17, 15) is 9.90 Å². The average Bonchev–Trinajstić information content (AvgIpc) is 2.51. The highest BCUT2D eigenvalue weighted by molar-refractivity contribution is 14.1. The molecule has 0 unspecified atom stereocenters. The first kappa shape index (κ1) is 19.0. The van der Waals surface area contributed by atoms with Crippen LogP contribution in [0.15, 0.2) is 35.4 Å². The number of rotatable bonds is 5. The van der Waals surface area contributed by atoms with Crippen LogP contribution in [-0.2, 0) is 4.79 Å². The molecule has 0 aliphatic heterocycles. The molecule has 2 N–H and O–H groups in total. The zero-order chi connectivity index (χ0) is 17.7. The summed E-state index contributed by atoms with van der Waals surface area (Å²) in [7, 11) is 0. The lowest BCUT2D eigenvalue weighted by Crippen LogP contribution is -2.24. The number of amides is 1. The topological polar surface area (TPSA) is 70.9 Å². The van der Waals surface area contributed by atoms with E-state index < -0.39 is 0 Å². The predicted molar refractivity (Wildman–Crippen MR) is 111 cm³/mol. The maximum absolute atomic E-state index is 11.8. The lowest BCUT2D eigenvalue weighted by molar-refractivity contribution is -0.123. The van der Waals surface area contributed by atoms with Gasteiger partial charge in [0.1, 0.15) is 11.5 Å². The number of hydrogen-bond acceptors (Lipinski definition) is 4. The second-order valence-electron chi connectivity index (χ2n) is 5.18. The molecule has 0 atom stereocenters. The molecule has 126 valence electrons. The summed E-state index contributed by atoms with van der Waals surface area (Å²) in [5.41, 5.74) is 5.05.